The van der Waals surface area contributed by atoms with Crippen molar-refractivity contribution >= 4 is 11.9 Å². The first-order chi connectivity index (χ1) is 8.04. The molecule has 1 aromatic carbocycles. The molecule has 0 unspecified atom stereocenters. The van der Waals surface area contributed by atoms with Crippen molar-refractivity contribution in [2.24, 2.45) is 0 Å². The van der Waals surface area contributed by atoms with Crippen LogP contribution >= 0.6 is 0 Å². The molecule has 0 atom stereocenters. The summed E-state index contributed by atoms with van der Waals surface area (Å²) in [6.45, 7) is 8.32. The summed E-state index contributed by atoms with van der Waals surface area (Å²) in [6, 6.07) is 5.90. The Morgan fingerprint density at radius 3 is 2.00 bits per heavy atom. The van der Waals surface area contributed by atoms with Crippen molar-refractivity contribution in [3.05, 3.63) is 60.6 Å². The summed E-state index contributed by atoms with van der Waals surface area (Å²) in [5.74, 6) is -0.730. The summed E-state index contributed by atoms with van der Waals surface area (Å²) in [5, 5.41) is 0. The maximum atomic E-state index is 11.4. The van der Waals surface area contributed by atoms with Crippen LogP contribution in [0.15, 0.2) is 49.4 Å². The molecule has 0 heterocycles. The number of esters is 2. The zero-order valence-corrected chi connectivity index (χ0v) is 9.43. The van der Waals surface area contributed by atoms with E-state index in [0.717, 1.165) is 6.26 Å². The molecular weight excluding hydrogens is 220 g/mol. The minimum Gasteiger partial charge on any atom is -0.432 e. The van der Waals surface area contributed by atoms with E-state index in [-0.39, 0.29) is 0 Å². The standard InChI is InChI=1S/C13H12O4/c1-4-16-12(14)10-5-7-11(8-6-10)13(15)17-9(2)3/h4-8H,1-2H2,3H3. The second-order valence-electron chi connectivity index (χ2n) is 3.24. The summed E-state index contributed by atoms with van der Waals surface area (Å²) < 4.78 is 9.41. The highest BCUT2D eigenvalue weighted by Gasteiger charge is 2.10. The summed E-state index contributed by atoms with van der Waals surface area (Å²) in [7, 11) is 0. The summed E-state index contributed by atoms with van der Waals surface area (Å²) in [5.41, 5.74) is 0.667. The van der Waals surface area contributed by atoms with Crippen LogP contribution in [0.1, 0.15) is 27.6 Å². The van der Waals surface area contributed by atoms with Crippen LogP contribution in [-0.4, -0.2) is 11.9 Å². The average Bonchev–Trinajstić information content (AvgIpc) is 2.28. The zero-order valence-electron chi connectivity index (χ0n) is 9.43. The fraction of sp³-hybridized carbons (Fsp3) is 0.0769. The van der Waals surface area contributed by atoms with E-state index in [2.05, 4.69) is 17.9 Å². The Kier molecular flexibility index (Phi) is 4.22. The number of carbonyl (C=O) groups is 2. The van der Waals surface area contributed by atoms with Crippen molar-refractivity contribution in [2.45, 2.75) is 6.92 Å². The summed E-state index contributed by atoms with van der Waals surface area (Å²) >= 11 is 0. The van der Waals surface area contributed by atoms with Gasteiger partial charge in [-0.2, -0.15) is 0 Å². The molecule has 88 valence electrons. The van der Waals surface area contributed by atoms with Crippen LogP contribution in [0.2, 0.25) is 0 Å². The quantitative estimate of drug-likeness (QED) is 0.591. The molecule has 0 spiro atoms. The number of benzene rings is 1. The molecular formula is C13H12O4. The minimum atomic E-state index is -0.528. The van der Waals surface area contributed by atoms with Crippen molar-refractivity contribution in [3.63, 3.8) is 0 Å². The number of carbonyl (C=O) groups excluding carboxylic acids is 2. The van der Waals surface area contributed by atoms with E-state index in [1.54, 1.807) is 6.92 Å². The normalized spacial score (nSPS) is 9.24. The monoisotopic (exact) mass is 232 g/mol. The Balaban J connectivity index is 2.80. The molecule has 4 heteroatoms. The van der Waals surface area contributed by atoms with Crippen LogP contribution in [0.25, 0.3) is 0 Å². The van der Waals surface area contributed by atoms with Gasteiger partial charge in [0.2, 0.25) is 0 Å². The molecule has 0 aliphatic rings. The summed E-state index contributed by atoms with van der Waals surface area (Å²) in [6.07, 6.45) is 1.05. The molecule has 0 aliphatic carbocycles. The predicted octanol–water partition coefficient (Wildman–Crippen LogP) is 2.68. The van der Waals surface area contributed by atoms with E-state index >= 15 is 0 Å². The third kappa shape index (κ3) is 3.61. The van der Waals surface area contributed by atoms with Gasteiger partial charge in [0.25, 0.3) is 0 Å². The first kappa shape index (κ1) is 12.7. The molecule has 17 heavy (non-hydrogen) atoms. The minimum absolute atomic E-state index is 0.310. The van der Waals surface area contributed by atoms with Crippen LogP contribution in [-0.2, 0) is 9.47 Å². The lowest BCUT2D eigenvalue weighted by molar-refractivity contribution is 0.0622. The van der Waals surface area contributed by atoms with Crippen LogP contribution in [0.3, 0.4) is 0 Å². The van der Waals surface area contributed by atoms with Gasteiger partial charge in [-0.3, -0.25) is 0 Å². The molecule has 4 nitrogen and oxygen atoms in total. The smallest absolute Gasteiger partial charge is 0.343 e. The van der Waals surface area contributed by atoms with Crippen molar-refractivity contribution in [1.82, 2.24) is 0 Å². The maximum absolute atomic E-state index is 11.4. The number of allylic oxidation sites excluding steroid dienone is 1. The predicted molar refractivity (Wildman–Crippen MR) is 62.3 cm³/mol. The van der Waals surface area contributed by atoms with E-state index in [1.807, 2.05) is 0 Å². The second kappa shape index (κ2) is 5.65. The van der Waals surface area contributed by atoms with Crippen molar-refractivity contribution in [2.75, 3.05) is 0 Å². The number of hydrogen-bond donors (Lipinski definition) is 0. The van der Waals surface area contributed by atoms with Crippen LogP contribution < -0.4 is 0 Å². The molecule has 0 bridgehead atoms. The highest BCUT2D eigenvalue weighted by Crippen LogP contribution is 2.09. The van der Waals surface area contributed by atoms with Gasteiger partial charge in [0.15, 0.2) is 0 Å². The SMILES string of the molecule is C=COC(=O)c1ccc(C(=O)OC(=C)C)cc1. The molecule has 0 N–H and O–H groups in total. The molecule has 0 amide bonds. The van der Waals surface area contributed by atoms with Gasteiger partial charge in [0, 0.05) is 0 Å². The Morgan fingerprint density at radius 2 is 1.59 bits per heavy atom. The third-order valence-electron chi connectivity index (χ3n) is 1.81. The van der Waals surface area contributed by atoms with E-state index < -0.39 is 11.9 Å². The van der Waals surface area contributed by atoms with E-state index in [4.69, 9.17) is 4.74 Å². The first-order valence-corrected chi connectivity index (χ1v) is 4.84. The lowest BCUT2D eigenvalue weighted by atomic mass is 10.1. The number of hydrogen-bond acceptors (Lipinski definition) is 4. The van der Waals surface area contributed by atoms with Gasteiger partial charge in [0.05, 0.1) is 23.1 Å². The number of ether oxygens (including phenoxy) is 2. The molecule has 0 aliphatic heterocycles. The van der Waals surface area contributed by atoms with Crippen molar-refractivity contribution < 1.29 is 19.1 Å². The van der Waals surface area contributed by atoms with Gasteiger partial charge in [-0.1, -0.05) is 13.2 Å². The van der Waals surface area contributed by atoms with Crippen molar-refractivity contribution in [1.29, 1.82) is 0 Å². The Morgan fingerprint density at radius 1 is 1.12 bits per heavy atom. The molecule has 0 fully saturated rings. The van der Waals surface area contributed by atoms with Crippen molar-refractivity contribution in [3.8, 4) is 0 Å². The van der Waals surface area contributed by atoms with Gasteiger partial charge >= 0.3 is 11.9 Å². The Bertz CT molecular complexity index is 457. The van der Waals surface area contributed by atoms with Gasteiger partial charge in [-0.15, -0.1) is 0 Å². The molecule has 1 rings (SSSR count). The average molecular weight is 232 g/mol. The summed E-state index contributed by atoms with van der Waals surface area (Å²) in [4.78, 5) is 22.7. The van der Waals surface area contributed by atoms with Crippen LogP contribution in [0.4, 0.5) is 0 Å². The topological polar surface area (TPSA) is 52.6 Å². The van der Waals surface area contributed by atoms with Gasteiger partial charge in [-0.05, 0) is 31.2 Å². The molecule has 0 radical (unpaired) electrons. The first-order valence-electron chi connectivity index (χ1n) is 4.84. The van der Waals surface area contributed by atoms with Crippen LogP contribution in [0, 0.1) is 0 Å². The van der Waals surface area contributed by atoms with Crippen LogP contribution in [0.5, 0.6) is 0 Å². The van der Waals surface area contributed by atoms with Gasteiger partial charge < -0.3 is 9.47 Å². The molecule has 0 saturated heterocycles. The van der Waals surface area contributed by atoms with E-state index in [9.17, 15) is 9.59 Å². The Hall–Kier alpha value is -2.36. The lowest BCUT2D eigenvalue weighted by Gasteiger charge is -2.03. The molecule has 1 aromatic rings. The van der Waals surface area contributed by atoms with Gasteiger partial charge in [-0.25, -0.2) is 9.59 Å². The molecule has 0 aromatic heterocycles. The van der Waals surface area contributed by atoms with Gasteiger partial charge in [0.1, 0.15) is 0 Å². The fourth-order valence-corrected chi connectivity index (χ4v) is 1.10. The largest absolute Gasteiger partial charge is 0.432 e. The van der Waals surface area contributed by atoms with E-state index in [0.29, 0.717) is 16.9 Å². The maximum Gasteiger partial charge on any atom is 0.343 e. The Labute approximate surface area is 99.2 Å². The second-order valence-corrected chi connectivity index (χ2v) is 3.24. The highest BCUT2D eigenvalue weighted by atomic mass is 16.5. The van der Waals surface area contributed by atoms with E-state index in [1.165, 1.54) is 24.3 Å². The number of rotatable bonds is 4. The lowest BCUT2D eigenvalue weighted by Crippen LogP contribution is -2.05. The third-order valence-corrected chi connectivity index (χ3v) is 1.81. The molecule has 0 saturated carbocycles. The fourth-order valence-electron chi connectivity index (χ4n) is 1.10. The highest BCUT2D eigenvalue weighted by molar-refractivity contribution is 5.93. The zero-order chi connectivity index (χ0) is 12.8.